The van der Waals surface area contributed by atoms with Gasteiger partial charge in [-0.15, -0.1) is 6.58 Å². The molecule has 0 saturated carbocycles. The van der Waals surface area contributed by atoms with Gasteiger partial charge in [-0.05, 0) is 24.1 Å². The molecule has 112 valence electrons. The summed E-state index contributed by atoms with van der Waals surface area (Å²) in [5.41, 5.74) is 5.26. The Morgan fingerprint density at radius 1 is 1.09 bits per heavy atom. The highest BCUT2D eigenvalue weighted by atomic mass is 15.0. The molecule has 0 saturated heterocycles. The van der Waals surface area contributed by atoms with Crippen LogP contribution < -0.4 is 5.32 Å². The maximum atomic E-state index is 3.75. The lowest BCUT2D eigenvalue weighted by Gasteiger charge is -2.06. The fourth-order valence-electron chi connectivity index (χ4n) is 2.79. The van der Waals surface area contributed by atoms with Gasteiger partial charge < -0.3 is 9.88 Å². The van der Waals surface area contributed by atoms with Crippen molar-refractivity contribution in [2.45, 2.75) is 20.0 Å². The van der Waals surface area contributed by atoms with Crippen LogP contribution in [-0.4, -0.2) is 11.1 Å². The van der Waals surface area contributed by atoms with E-state index in [2.05, 4.69) is 78.1 Å². The van der Waals surface area contributed by atoms with Crippen LogP contribution in [0.25, 0.3) is 10.9 Å². The number of rotatable bonds is 6. The zero-order chi connectivity index (χ0) is 15.4. The van der Waals surface area contributed by atoms with Crippen LogP contribution in [0.1, 0.15) is 16.7 Å². The van der Waals surface area contributed by atoms with E-state index in [9.17, 15) is 0 Å². The molecule has 22 heavy (non-hydrogen) atoms. The first-order chi connectivity index (χ1) is 10.8. The Morgan fingerprint density at radius 2 is 1.86 bits per heavy atom. The van der Waals surface area contributed by atoms with Gasteiger partial charge in [0.1, 0.15) is 0 Å². The quantitative estimate of drug-likeness (QED) is 0.530. The minimum absolute atomic E-state index is 0.831. The van der Waals surface area contributed by atoms with Crippen molar-refractivity contribution < 1.29 is 0 Å². The molecule has 0 unspecified atom stereocenters. The molecule has 1 N–H and O–H groups in total. The largest absolute Gasteiger partial charge is 0.343 e. The van der Waals surface area contributed by atoms with Gasteiger partial charge >= 0.3 is 0 Å². The van der Waals surface area contributed by atoms with Gasteiger partial charge in [-0.3, -0.25) is 0 Å². The molecule has 1 heterocycles. The molecule has 0 amide bonds. The summed E-state index contributed by atoms with van der Waals surface area (Å²) < 4.78 is 2.34. The summed E-state index contributed by atoms with van der Waals surface area (Å²) in [4.78, 5) is 0. The number of para-hydroxylation sites is 1. The van der Waals surface area contributed by atoms with E-state index < -0.39 is 0 Å². The Balaban J connectivity index is 1.91. The molecule has 0 atom stereocenters. The van der Waals surface area contributed by atoms with Crippen LogP contribution in [0.4, 0.5) is 0 Å². The maximum Gasteiger partial charge on any atom is 0.0486 e. The second kappa shape index (κ2) is 6.63. The van der Waals surface area contributed by atoms with Crippen LogP contribution >= 0.6 is 0 Å². The van der Waals surface area contributed by atoms with E-state index in [0.717, 1.165) is 19.6 Å². The highest BCUT2D eigenvalue weighted by Gasteiger charge is 2.08. The molecule has 0 aliphatic heterocycles. The molecule has 0 aliphatic rings. The van der Waals surface area contributed by atoms with Gasteiger partial charge in [0.25, 0.3) is 0 Å². The summed E-state index contributed by atoms with van der Waals surface area (Å²) in [6, 6.07) is 17.4. The van der Waals surface area contributed by atoms with E-state index in [1.54, 1.807) is 0 Å². The van der Waals surface area contributed by atoms with Crippen LogP contribution in [0.2, 0.25) is 0 Å². The molecule has 0 fully saturated rings. The second-order valence-corrected chi connectivity index (χ2v) is 5.70. The first-order valence-electron chi connectivity index (χ1n) is 7.72. The summed E-state index contributed by atoms with van der Waals surface area (Å²) in [6.07, 6.45) is 4.16. The van der Waals surface area contributed by atoms with Crippen molar-refractivity contribution in [1.29, 1.82) is 0 Å². The third kappa shape index (κ3) is 3.12. The second-order valence-electron chi connectivity index (χ2n) is 5.70. The van der Waals surface area contributed by atoms with Crippen LogP contribution in [-0.2, 0) is 13.1 Å². The number of hydrogen-bond acceptors (Lipinski definition) is 1. The molecule has 1 aromatic heterocycles. The number of hydrogen-bond donors (Lipinski definition) is 1. The van der Waals surface area contributed by atoms with Crippen molar-refractivity contribution in [2.24, 2.45) is 0 Å². The zero-order valence-corrected chi connectivity index (χ0v) is 13.0. The molecule has 0 bridgehead atoms. The van der Waals surface area contributed by atoms with Crippen molar-refractivity contribution in [2.75, 3.05) is 6.54 Å². The number of benzene rings is 2. The highest BCUT2D eigenvalue weighted by molar-refractivity contribution is 5.84. The molecule has 0 aliphatic carbocycles. The summed E-state index contributed by atoms with van der Waals surface area (Å²) in [5.74, 6) is 0. The van der Waals surface area contributed by atoms with Crippen LogP contribution in [0.3, 0.4) is 0 Å². The van der Waals surface area contributed by atoms with E-state index >= 15 is 0 Å². The van der Waals surface area contributed by atoms with Gasteiger partial charge in [-0.2, -0.15) is 0 Å². The zero-order valence-electron chi connectivity index (χ0n) is 13.0. The van der Waals surface area contributed by atoms with Crippen LogP contribution in [0.15, 0.2) is 67.4 Å². The van der Waals surface area contributed by atoms with Crippen molar-refractivity contribution >= 4 is 10.9 Å². The van der Waals surface area contributed by atoms with Crippen molar-refractivity contribution in [3.8, 4) is 0 Å². The predicted molar refractivity (Wildman–Crippen MR) is 94.1 cm³/mol. The normalized spacial score (nSPS) is 11.0. The van der Waals surface area contributed by atoms with Crippen molar-refractivity contribution in [3.63, 3.8) is 0 Å². The summed E-state index contributed by atoms with van der Waals surface area (Å²) in [7, 11) is 0. The summed E-state index contributed by atoms with van der Waals surface area (Å²) in [6.45, 7) is 8.48. The van der Waals surface area contributed by atoms with Gasteiger partial charge in [0.05, 0.1) is 0 Å². The number of aryl methyl sites for hydroxylation is 1. The molecule has 0 radical (unpaired) electrons. The van der Waals surface area contributed by atoms with E-state index in [1.165, 1.54) is 27.6 Å². The first kappa shape index (κ1) is 14.6. The average Bonchev–Trinajstić information content (AvgIpc) is 2.88. The smallest absolute Gasteiger partial charge is 0.0486 e. The van der Waals surface area contributed by atoms with Gasteiger partial charge in [0, 0.05) is 36.7 Å². The third-order valence-electron chi connectivity index (χ3n) is 3.95. The van der Waals surface area contributed by atoms with E-state index in [1.807, 2.05) is 6.08 Å². The third-order valence-corrected chi connectivity index (χ3v) is 3.95. The standard InChI is InChI=1S/C20H22N2/c1-3-12-21-13-18-15-22(20-7-5-4-6-19(18)20)14-17-10-8-16(2)9-11-17/h3-11,15,21H,1,12-14H2,2H3. The molecular weight excluding hydrogens is 268 g/mol. The predicted octanol–water partition coefficient (Wildman–Crippen LogP) is 4.27. The van der Waals surface area contributed by atoms with Crippen molar-refractivity contribution in [1.82, 2.24) is 9.88 Å². The fourth-order valence-corrected chi connectivity index (χ4v) is 2.79. The lowest BCUT2D eigenvalue weighted by Crippen LogP contribution is -2.12. The molecule has 2 nitrogen and oxygen atoms in total. The number of nitrogens with zero attached hydrogens (tertiary/aromatic N) is 1. The lowest BCUT2D eigenvalue weighted by atomic mass is 10.1. The number of aromatic nitrogens is 1. The van der Waals surface area contributed by atoms with Gasteiger partial charge in [0.15, 0.2) is 0 Å². The molecular formula is C20H22N2. The molecule has 3 aromatic rings. The number of fused-ring (bicyclic) bond motifs is 1. The number of nitrogens with one attached hydrogen (secondary N) is 1. The molecule has 2 heteroatoms. The van der Waals surface area contributed by atoms with Gasteiger partial charge in [-0.25, -0.2) is 0 Å². The van der Waals surface area contributed by atoms with Crippen molar-refractivity contribution in [3.05, 3.63) is 84.1 Å². The summed E-state index contributed by atoms with van der Waals surface area (Å²) in [5, 5.41) is 4.72. The highest BCUT2D eigenvalue weighted by Crippen LogP contribution is 2.22. The molecule has 2 aromatic carbocycles. The Hall–Kier alpha value is -2.32. The Labute approximate surface area is 132 Å². The molecule has 0 spiro atoms. The Morgan fingerprint density at radius 3 is 2.64 bits per heavy atom. The van der Waals surface area contributed by atoms with Gasteiger partial charge in [0.2, 0.25) is 0 Å². The average molecular weight is 290 g/mol. The maximum absolute atomic E-state index is 3.75. The monoisotopic (exact) mass is 290 g/mol. The minimum Gasteiger partial charge on any atom is -0.343 e. The Bertz CT molecular complexity index is 766. The lowest BCUT2D eigenvalue weighted by molar-refractivity contribution is 0.754. The Kier molecular flexibility index (Phi) is 4.40. The van der Waals surface area contributed by atoms with Crippen LogP contribution in [0.5, 0.6) is 0 Å². The van der Waals surface area contributed by atoms with E-state index in [-0.39, 0.29) is 0 Å². The topological polar surface area (TPSA) is 17.0 Å². The van der Waals surface area contributed by atoms with E-state index in [4.69, 9.17) is 0 Å². The molecule has 3 rings (SSSR count). The minimum atomic E-state index is 0.831. The first-order valence-corrected chi connectivity index (χ1v) is 7.72. The fraction of sp³-hybridized carbons (Fsp3) is 0.200. The van der Waals surface area contributed by atoms with Crippen LogP contribution in [0, 0.1) is 6.92 Å². The van der Waals surface area contributed by atoms with Gasteiger partial charge in [-0.1, -0.05) is 54.1 Å². The SMILES string of the molecule is C=CCNCc1cn(Cc2ccc(C)cc2)c2ccccc12. The summed E-state index contributed by atoms with van der Waals surface area (Å²) >= 11 is 0. The van der Waals surface area contributed by atoms with E-state index in [0.29, 0.717) is 0 Å².